The molecule has 2 aromatic rings. The number of amides is 1. The molecule has 0 aliphatic heterocycles. The van der Waals surface area contributed by atoms with E-state index in [2.05, 4.69) is 5.32 Å². The predicted molar refractivity (Wildman–Crippen MR) is 92.2 cm³/mol. The summed E-state index contributed by atoms with van der Waals surface area (Å²) in [6, 6.07) is 13.4. The average Bonchev–Trinajstić information content (AvgIpc) is 2.56. The van der Waals surface area contributed by atoms with Gasteiger partial charge in [0.25, 0.3) is 0 Å². The average molecular weight is 330 g/mol. The number of carbonyl (C=O) groups excluding carboxylic acids is 1. The summed E-state index contributed by atoms with van der Waals surface area (Å²) in [6.45, 7) is 1.90. The van der Waals surface area contributed by atoms with E-state index in [-0.39, 0.29) is 24.2 Å². The monoisotopic (exact) mass is 330 g/mol. The Hall–Kier alpha value is -2.40. The first kappa shape index (κ1) is 17.9. The molecule has 2 rings (SSSR count). The van der Waals surface area contributed by atoms with Gasteiger partial charge < -0.3 is 15.8 Å². The molecule has 0 aromatic heterocycles. The van der Waals surface area contributed by atoms with E-state index in [0.29, 0.717) is 12.0 Å². The van der Waals surface area contributed by atoms with Gasteiger partial charge in [0.1, 0.15) is 11.6 Å². The number of carbonyl (C=O) groups is 1. The van der Waals surface area contributed by atoms with Gasteiger partial charge in [-0.2, -0.15) is 0 Å². The first-order chi connectivity index (χ1) is 11.5. The summed E-state index contributed by atoms with van der Waals surface area (Å²) in [4.78, 5) is 12.1. The van der Waals surface area contributed by atoms with Gasteiger partial charge in [0.05, 0.1) is 13.2 Å². The highest BCUT2D eigenvalue weighted by Gasteiger charge is 2.15. The number of nitrogens with two attached hydrogens (primary N) is 1. The van der Waals surface area contributed by atoms with Gasteiger partial charge in [-0.15, -0.1) is 0 Å². The molecule has 2 aromatic carbocycles. The molecule has 1 amide bonds. The van der Waals surface area contributed by atoms with E-state index < -0.39 is 6.04 Å². The molecule has 0 spiro atoms. The van der Waals surface area contributed by atoms with Crippen LogP contribution in [0.1, 0.15) is 30.5 Å². The Morgan fingerprint density at radius 1 is 1.21 bits per heavy atom. The molecule has 0 bridgehead atoms. The van der Waals surface area contributed by atoms with Crippen molar-refractivity contribution in [3.8, 4) is 5.75 Å². The fourth-order valence-electron chi connectivity index (χ4n) is 2.53. The Kier molecular flexibility index (Phi) is 6.32. The number of methoxy groups -OCH3 is 1. The molecule has 0 heterocycles. The summed E-state index contributed by atoms with van der Waals surface area (Å²) < 4.78 is 18.7. The second-order valence-corrected chi connectivity index (χ2v) is 5.82. The van der Waals surface area contributed by atoms with Crippen molar-refractivity contribution in [3.05, 3.63) is 65.5 Å². The van der Waals surface area contributed by atoms with Gasteiger partial charge in [-0.05, 0) is 42.7 Å². The largest absolute Gasteiger partial charge is 0.497 e. The molecule has 0 saturated heterocycles. The number of benzene rings is 2. The van der Waals surface area contributed by atoms with Gasteiger partial charge in [0, 0.05) is 12.5 Å². The molecule has 0 aliphatic rings. The zero-order valence-corrected chi connectivity index (χ0v) is 14.0. The van der Waals surface area contributed by atoms with E-state index >= 15 is 0 Å². The smallest absolute Gasteiger partial charge is 0.222 e. The number of halogens is 1. The van der Waals surface area contributed by atoms with Crippen LogP contribution in [-0.4, -0.2) is 19.1 Å². The van der Waals surface area contributed by atoms with Crippen molar-refractivity contribution in [2.45, 2.75) is 31.8 Å². The summed E-state index contributed by atoms with van der Waals surface area (Å²) in [5.41, 5.74) is 7.49. The number of nitrogens with one attached hydrogen (secondary N) is 1. The molecular formula is C19H23FN2O2. The number of ether oxygens (including phenoxy) is 1. The first-order valence-corrected chi connectivity index (χ1v) is 7.92. The minimum absolute atomic E-state index is 0.135. The molecule has 0 radical (unpaired) electrons. The molecule has 2 atom stereocenters. The summed E-state index contributed by atoms with van der Waals surface area (Å²) in [5.74, 6) is 0.325. The molecule has 24 heavy (non-hydrogen) atoms. The Labute approximate surface area is 141 Å². The maximum Gasteiger partial charge on any atom is 0.222 e. The van der Waals surface area contributed by atoms with Gasteiger partial charge >= 0.3 is 0 Å². The highest BCUT2D eigenvalue weighted by molar-refractivity contribution is 5.77. The molecule has 5 heteroatoms. The third-order valence-electron chi connectivity index (χ3n) is 3.88. The lowest BCUT2D eigenvalue weighted by Crippen LogP contribution is -2.34. The number of hydrogen-bond donors (Lipinski definition) is 2. The van der Waals surface area contributed by atoms with Crippen molar-refractivity contribution in [2.75, 3.05) is 7.11 Å². The number of hydrogen-bond acceptors (Lipinski definition) is 3. The second-order valence-electron chi connectivity index (χ2n) is 5.82. The van der Waals surface area contributed by atoms with Crippen molar-refractivity contribution in [1.82, 2.24) is 5.32 Å². The molecule has 4 nitrogen and oxygen atoms in total. The quantitative estimate of drug-likeness (QED) is 0.820. The van der Waals surface area contributed by atoms with Gasteiger partial charge in [-0.25, -0.2) is 4.39 Å². The van der Waals surface area contributed by atoms with Gasteiger partial charge in [0.2, 0.25) is 5.91 Å². The SMILES string of the molecule is COc1ccc([C@@H](C)NC(=O)C[C@H](N)Cc2ccccc2F)cc1. The molecule has 0 aliphatic carbocycles. The third-order valence-corrected chi connectivity index (χ3v) is 3.88. The van der Waals surface area contributed by atoms with E-state index in [9.17, 15) is 9.18 Å². The number of rotatable bonds is 7. The van der Waals surface area contributed by atoms with Crippen molar-refractivity contribution in [3.63, 3.8) is 0 Å². The van der Waals surface area contributed by atoms with Crippen LogP contribution in [0.15, 0.2) is 48.5 Å². The minimum Gasteiger partial charge on any atom is -0.497 e. The predicted octanol–water partition coefficient (Wildman–Crippen LogP) is 2.97. The maximum atomic E-state index is 13.6. The first-order valence-electron chi connectivity index (χ1n) is 7.92. The van der Waals surface area contributed by atoms with E-state index in [1.54, 1.807) is 25.3 Å². The zero-order chi connectivity index (χ0) is 17.5. The Balaban J connectivity index is 1.86. The fourth-order valence-corrected chi connectivity index (χ4v) is 2.53. The molecular weight excluding hydrogens is 307 g/mol. The molecule has 0 fully saturated rings. The maximum absolute atomic E-state index is 13.6. The molecule has 0 saturated carbocycles. The summed E-state index contributed by atoms with van der Waals surface area (Å²) >= 11 is 0. The van der Waals surface area contributed by atoms with E-state index in [1.807, 2.05) is 31.2 Å². The lowest BCUT2D eigenvalue weighted by Gasteiger charge is -2.17. The van der Waals surface area contributed by atoms with Crippen molar-refractivity contribution >= 4 is 5.91 Å². The highest BCUT2D eigenvalue weighted by Crippen LogP contribution is 2.17. The van der Waals surface area contributed by atoms with Crippen LogP contribution in [0.25, 0.3) is 0 Å². The van der Waals surface area contributed by atoms with Crippen LogP contribution in [0, 0.1) is 5.82 Å². The Bertz CT molecular complexity index is 673. The fraction of sp³-hybridized carbons (Fsp3) is 0.316. The summed E-state index contributed by atoms with van der Waals surface area (Å²) in [7, 11) is 1.61. The van der Waals surface area contributed by atoms with Crippen LogP contribution >= 0.6 is 0 Å². The normalized spacial score (nSPS) is 13.2. The molecule has 0 unspecified atom stereocenters. The van der Waals surface area contributed by atoms with Crippen molar-refractivity contribution < 1.29 is 13.9 Å². The van der Waals surface area contributed by atoms with Gasteiger partial charge in [-0.3, -0.25) is 4.79 Å². The lowest BCUT2D eigenvalue weighted by molar-refractivity contribution is -0.122. The Morgan fingerprint density at radius 3 is 2.50 bits per heavy atom. The summed E-state index contributed by atoms with van der Waals surface area (Å²) in [5, 5.41) is 2.91. The Morgan fingerprint density at radius 2 is 1.88 bits per heavy atom. The highest BCUT2D eigenvalue weighted by atomic mass is 19.1. The van der Waals surface area contributed by atoms with Crippen LogP contribution in [0.3, 0.4) is 0 Å². The summed E-state index contributed by atoms with van der Waals surface area (Å²) in [6.07, 6.45) is 0.478. The second kappa shape index (κ2) is 8.45. The van der Waals surface area contributed by atoms with Gasteiger partial charge in [0.15, 0.2) is 0 Å². The lowest BCUT2D eigenvalue weighted by atomic mass is 10.0. The molecule has 128 valence electrons. The minimum atomic E-state index is -0.426. The van der Waals surface area contributed by atoms with E-state index in [4.69, 9.17) is 10.5 Å². The van der Waals surface area contributed by atoms with Crippen LogP contribution in [0.4, 0.5) is 4.39 Å². The van der Waals surface area contributed by atoms with Gasteiger partial charge in [-0.1, -0.05) is 30.3 Å². The van der Waals surface area contributed by atoms with Crippen LogP contribution in [-0.2, 0) is 11.2 Å². The van der Waals surface area contributed by atoms with Crippen LogP contribution < -0.4 is 15.8 Å². The van der Waals surface area contributed by atoms with E-state index in [0.717, 1.165) is 11.3 Å². The van der Waals surface area contributed by atoms with E-state index in [1.165, 1.54) is 6.07 Å². The topological polar surface area (TPSA) is 64.3 Å². The van der Waals surface area contributed by atoms with Crippen LogP contribution in [0.2, 0.25) is 0 Å². The zero-order valence-electron chi connectivity index (χ0n) is 14.0. The standard InChI is InChI=1S/C19H23FN2O2/c1-13(14-7-9-17(24-2)10-8-14)22-19(23)12-16(21)11-15-5-3-4-6-18(15)20/h3-10,13,16H,11-12,21H2,1-2H3,(H,22,23)/t13-,16-/m1/s1. The van der Waals surface area contributed by atoms with Crippen LogP contribution in [0.5, 0.6) is 5.75 Å². The molecule has 3 N–H and O–H groups in total. The van der Waals surface area contributed by atoms with Crippen molar-refractivity contribution in [2.24, 2.45) is 5.73 Å². The third kappa shape index (κ3) is 5.06. The van der Waals surface area contributed by atoms with Crippen molar-refractivity contribution in [1.29, 1.82) is 0 Å².